The Kier molecular flexibility index (Phi) is 6.67. The molecule has 0 spiro atoms. The molecule has 4 aromatic rings. The third kappa shape index (κ3) is 4.03. The van der Waals surface area contributed by atoms with Gasteiger partial charge in [-0.3, -0.25) is 0 Å². The predicted molar refractivity (Wildman–Crippen MR) is 126 cm³/mol. The second-order valence-corrected chi connectivity index (χ2v) is 7.21. The highest BCUT2D eigenvalue weighted by atomic mass is 14.4. The van der Waals surface area contributed by atoms with E-state index in [9.17, 15) is 0 Å². The van der Waals surface area contributed by atoms with Crippen LogP contribution < -0.4 is 0 Å². The molecule has 0 aromatic heterocycles. The fourth-order valence-corrected chi connectivity index (χ4v) is 3.98. The highest BCUT2D eigenvalue weighted by Crippen LogP contribution is 2.45. The maximum Gasteiger partial charge on any atom is 0.0701 e. The molecule has 0 atom stereocenters. The van der Waals surface area contributed by atoms with Crippen molar-refractivity contribution in [1.29, 1.82) is 0 Å². The number of hydrogen-bond donors (Lipinski definition) is 0. The van der Waals surface area contributed by atoms with Crippen LogP contribution in [-0.4, -0.2) is 0 Å². The smallest absolute Gasteiger partial charge is 0.0683 e. The Hall–Kier alpha value is -3.12. The Labute approximate surface area is 175 Å². The highest BCUT2D eigenvalue weighted by molar-refractivity contribution is 5.60. The van der Waals surface area contributed by atoms with Crippen LogP contribution in [0.25, 0.3) is 0 Å². The SMILES string of the molecule is CC.Cc1ccc(C(c2ccccc2)(c2ccccc2)c2ccc(C)cc2)cc1. The normalized spacial score (nSPS) is 10.8. The maximum atomic E-state index is 2.27. The Morgan fingerprint density at radius 3 is 0.966 bits per heavy atom. The van der Waals surface area contributed by atoms with Gasteiger partial charge in [0, 0.05) is 0 Å². The first-order valence-corrected chi connectivity index (χ1v) is 10.5. The van der Waals surface area contributed by atoms with Gasteiger partial charge in [-0.25, -0.2) is 0 Å². The number of hydrogen-bond acceptors (Lipinski definition) is 0. The molecule has 0 saturated heterocycles. The van der Waals surface area contributed by atoms with Gasteiger partial charge in [0.15, 0.2) is 0 Å². The van der Waals surface area contributed by atoms with Crippen molar-refractivity contribution in [3.05, 3.63) is 143 Å². The Bertz CT molecular complexity index is 908. The van der Waals surface area contributed by atoms with Crippen LogP contribution >= 0.6 is 0 Å². The van der Waals surface area contributed by atoms with Crippen molar-refractivity contribution < 1.29 is 0 Å². The Morgan fingerprint density at radius 1 is 0.379 bits per heavy atom. The van der Waals surface area contributed by atoms with E-state index in [1.807, 2.05) is 13.8 Å². The molecule has 0 heteroatoms. The monoisotopic (exact) mass is 378 g/mol. The summed E-state index contributed by atoms with van der Waals surface area (Å²) in [6.07, 6.45) is 0. The summed E-state index contributed by atoms with van der Waals surface area (Å²) in [5, 5.41) is 0. The van der Waals surface area contributed by atoms with Crippen LogP contribution in [0.2, 0.25) is 0 Å². The van der Waals surface area contributed by atoms with Crippen LogP contribution in [-0.2, 0) is 5.41 Å². The lowest BCUT2D eigenvalue weighted by Crippen LogP contribution is -2.31. The minimum atomic E-state index is -0.343. The first kappa shape index (κ1) is 20.6. The lowest BCUT2D eigenvalue weighted by atomic mass is 9.65. The third-order valence-electron chi connectivity index (χ3n) is 5.38. The molecule has 0 fully saturated rings. The van der Waals surface area contributed by atoms with Gasteiger partial charge in [-0.15, -0.1) is 0 Å². The minimum Gasteiger partial charge on any atom is -0.0683 e. The van der Waals surface area contributed by atoms with Crippen LogP contribution in [0, 0.1) is 13.8 Å². The van der Waals surface area contributed by atoms with Crippen LogP contribution in [0.1, 0.15) is 47.2 Å². The first-order valence-electron chi connectivity index (χ1n) is 10.5. The average molecular weight is 379 g/mol. The van der Waals surface area contributed by atoms with Gasteiger partial charge in [0.25, 0.3) is 0 Å². The summed E-state index contributed by atoms with van der Waals surface area (Å²) in [5.74, 6) is 0. The van der Waals surface area contributed by atoms with Crippen molar-refractivity contribution >= 4 is 0 Å². The van der Waals surface area contributed by atoms with Crippen LogP contribution in [0.15, 0.2) is 109 Å². The zero-order valence-corrected chi connectivity index (χ0v) is 17.9. The summed E-state index contributed by atoms with van der Waals surface area (Å²) in [4.78, 5) is 0. The molecule has 0 amide bonds. The van der Waals surface area contributed by atoms with E-state index in [4.69, 9.17) is 0 Å². The van der Waals surface area contributed by atoms with Gasteiger partial charge >= 0.3 is 0 Å². The third-order valence-corrected chi connectivity index (χ3v) is 5.38. The molecule has 0 bridgehead atoms. The number of benzene rings is 4. The molecule has 0 N–H and O–H groups in total. The molecule has 0 radical (unpaired) electrons. The predicted octanol–water partition coefficient (Wildman–Crippen LogP) is 7.71. The highest BCUT2D eigenvalue weighted by Gasteiger charge is 2.37. The standard InChI is InChI=1S/C27H24.C2H6/c1-21-13-17-25(18-14-21)27(23-9-5-3-6-10-23,24-11-7-4-8-12-24)26-19-15-22(2)16-20-26;1-2/h3-20H,1-2H3;1-2H3. The van der Waals surface area contributed by atoms with E-state index in [-0.39, 0.29) is 5.41 Å². The van der Waals surface area contributed by atoms with E-state index in [1.54, 1.807) is 0 Å². The second kappa shape index (κ2) is 9.39. The molecule has 4 aromatic carbocycles. The zero-order valence-electron chi connectivity index (χ0n) is 17.9. The molecule has 0 aliphatic carbocycles. The molecule has 0 nitrogen and oxygen atoms in total. The van der Waals surface area contributed by atoms with Gasteiger partial charge in [0.05, 0.1) is 5.41 Å². The Balaban J connectivity index is 0.00000117. The zero-order chi connectivity index (χ0) is 20.7. The summed E-state index contributed by atoms with van der Waals surface area (Å²) >= 11 is 0. The number of aryl methyl sites for hydroxylation is 2. The van der Waals surface area contributed by atoms with Gasteiger partial charge in [0.2, 0.25) is 0 Å². The van der Waals surface area contributed by atoms with Crippen molar-refractivity contribution in [1.82, 2.24) is 0 Å². The van der Waals surface area contributed by atoms with E-state index in [2.05, 4.69) is 123 Å². The average Bonchev–Trinajstić information content (AvgIpc) is 2.79. The first-order chi connectivity index (χ1) is 14.2. The van der Waals surface area contributed by atoms with Gasteiger partial charge < -0.3 is 0 Å². The minimum absolute atomic E-state index is 0.343. The largest absolute Gasteiger partial charge is 0.0701 e. The quantitative estimate of drug-likeness (QED) is 0.319. The van der Waals surface area contributed by atoms with Crippen molar-refractivity contribution in [2.75, 3.05) is 0 Å². The van der Waals surface area contributed by atoms with Crippen molar-refractivity contribution in [3.63, 3.8) is 0 Å². The van der Waals surface area contributed by atoms with E-state index in [1.165, 1.54) is 33.4 Å². The molecular weight excluding hydrogens is 348 g/mol. The van der Waals surface area contributed by atoms with E-state index in [0.717, 1.165) is 0 Å². The van der Waals surface area contributed by atoms with E-state index in [0.29, 0.717) is 0 Å². The lowest BCUT2D eigenvalue weighted by molar-refractivity contribution is 0.744. The lowest BCUT2D eigenvalue weighted by Gasteiger charge is -2.37. The molecule has 0 heterocycles. The second-order valence-electron chi connectivity index (χ2n) is 7.21. The summed E-state index contributed by atoms with van der Waals surface area (Å²) < 4.78 is 0. The molecule has 29 heavy (non-hydrogen) atoms. The van der Waals surface area contributed by atoms with Crippen molar-refractivity contribution in [2.45, 2.75) is 33.1 Å². The van der Waals surface area contributed by atoms with Crippen LogP contribution in [0.3, 0.4) is 0 Å². The summed E-state index contributed by atoms with van der Waals surface area (Å²) in [5.41, 5.74) is 7.34. The fraction of sp³-hybridized carbons (Fsp3) is 0.172. The van der Waals surface area contributed by atoms with Gasteiger partial charge in [-0.1, -0.05) is 134 Å². The summed E-state index contributed by atoms with van der Waals surface area (Å²) in [6.45, 7) is 8.28. The fourth-order valence-electron chi connectivity index (χ4n) is 3.98. The van der Waals surface area contributed by atoms with Gasteiger partial charge in [0.1, 0.15) is 0 Å². The summed E-state index contributed by atoms with van der Waals surface area (Å²) in [6, 6.07) is 39.6. The molecule has 146 valence electrons. The van der Waals surface area contributed by atoms with E-state index < -0.39 is 0 Å². The topological polar surface area (TPSA) is 0 Å². The maximum absolute atomic E-state index is 2.27. The summed E-state index contributed by atoms with van der Waals surface area (Å²) in [7, 11) is 0. The molecule has 4 rings (SSSR count). The van der Waals surface area contributed by atoms with Gasteiger partial charge in [-0.2, -0.15) is 0 Å². The van der Waals surface area contributed by atoms with Crippen molar-refractivity contribution in [2.24, 2.45) is 0 Å². The van der Waals surface area contributed by atoms with Gasteiger partial charge in [-0.05, 0) is 36.1 Å². The van der Waals surface area contributed by atoms with Crippen LogP contribution in [0.5, 0.6) is 0 Å². The van der Waals surface area contributed by atoms with E-state index >= 15 is 0 Å². The molecule has 0 aliphatic heterocycles. The molecule has 0 aliphatic rings. The molecule has 0 saturated carbocycles. The Morgan fingerprint density at radius 2 is 0.655 bits per heavy atom. The number of rotatable bonds is 4. The molecule has 0 unspecified atom stereocenters. The van der Waals surface area contributed by atoms with Crippen molar-refractivity contribution in [3.8, 4) is 0 Å². The van der Waals surface area contributed by atoms with Crippen LogP contribution in [0.4, 0.5) is 0 Å². The molecular formula is C29H30.